The maximum absolute atomic E-state index is 12.9. The van der Waals surface area contributed by atoms with Crippen LogP contribution in [0.3, 0.4) is 0 Å². The third kappa shape index (κ3) is 5.91. The summed E-state index contributed by atoms with van der Waals surface area (Å²) in [5, 5.41) is 2.79. The molecule has 6 nitrogen and oxygen atoms in total. The smallest absolute Gasteiger partial charge is 0.335 e. The molecule has 0 bridgehead atoms. The zero-order valence-electron chi connectivity index (χ0n) is 18.7. The van der Waals surface area contributed by atoms with Crippen molar-refractivity contribution in [2.75, 3.05) is 31.5 Å². The number of hydrogen-bond donors (Lipinski definition) is 1. The van der Waals surface area contributed by atoms with Crippen LogP contribution in [0.15, 0.2) is 48.5 Å². The summed E-state index contributed by atoms with van der Waals surface area (Å²) in [6, 6.07) is 11.0. The molecule has 33 heavy (non-hydrogen) atoms. The van der Waals surface area contributed by atoms with Gasteiger partial charge in [0.2, 0.25) is 5.91 Å². The topological polar surface area (TPSA) is 69.7 Å². The van der Waals surface area contributed by atoms with Crippen molar-refractivity contribution < 1.29 is 27.6 Å². The Morgan fingerprint density at radius 2 is 1.27 bits per heavy atom. The van der Waals surface area contributed by atoms with Crippen LogP contribution in [-0.2, 0) is 11.0 Å². The lowest BCUT2D eigenvalue weighted by molar-refractivity contribution is -0.137. The summed E-state index contributed by atoms with van der Waals surface area (Å²) >= 11 is 0. The van der Waals surface area contributed by atoms with Gasteiger partial charge in [0.15, 0.2) is 0 Å². The largest absolute Gasteiger partial charge is 0.416 e. The van der Waals surface area contributed by atoms with Crippen LogP contribution in [0.5, 0.6) is 0 Å². The first-order chi connectivity index (χ1) is 15.4. The van der Waals surface area contributed by atoms with Crippen molar-refractivity contribution >= 4 is 23.4 Å². The minimum atomic E-state index is -4.53. The highest BCUT2D eigenvalue weighted by atomic mass is 19.4. The molecule has 1 fully saturated rings. The molecule has 0 atom stereocenters. The molecular formula is C24H26F3N3O3. The average Bonchev–Trinajstić information content (AvgIpc) is 2.77. The SMILES string of the molecule is CC(C)(C)C(=O)Nc1cccc(C(=O)N2CCN(C(=O)c3cccc(C(F)(F)F)c3)CC2)c1. The number of amides is 3. The van der Waals surface area contributed by atoms with E-state index in [9.17, 15) is 27.6 Å². The average molecular weight is 461 g/mol. The number of alkyl halides is 3. The van der Waals surface area contributed by atoms with Crippen LogP contribution in [0.2, 0.25) is 0 Å². The minimum absolute atomic E-state index is 0.0353. The molecule has 0 saturated carbocycles. The fraction of sp³-hybridized carbons (Fsp3) is 0.375. The molecule has 176 valence electrons. The molecule has 9 heteroatoms. The predicted octanol–water partition coefficient (Wildman–Crippen LogP) is 4.29. The van der Waals surface area contributed by atoms with Gasteiger partial charge in [-0.05, 0) is 36.4 Å². The maximum Gasteiger partial charge on any atom is 0.416 e. The molecule has 1 aliphatic heterocycles. The molecule has 3 rings (SSSR count). The number of hydrogen-bond acceptors (Lipinski definition) is 3. The highest BCUT2D eigenvalue weighted by Crippen LogP contribution is 2.30. The van der Waals surface area contributed by atoms with Gasteiger partial charge in [0.05, 0.1) is 5.56 Å². The van der Waals surface area contributed by atoms with E-state index in [0.29, 0.717) is 11.3 Å². The number of carbonyl (C=O) groups excluding carboxylic acids is 3. The summed E-state index contributed by atoms with van der Waals surface area (Å²) in [5.74, 6) is -0.915. The molecule has 0 aliphatic carbocycles. The van der Waals surface area contributed by atoms with E-state index in [1.54, 1.807) is 49.9 Å². The van der Waals surface area contributed by atoms with E-state index in [-0.39, 0.29) is 43.6 Å². The van der Waals surface area contributed by atoms with Gasteiger partial charge in [0.1, 0.15) is 0 Å². The molecule has 2 aromatic carbocycles. The lowest BCUT2D eigenvalue weighted by Crippen LogP contribution is -2.50. The van der Waals surface area contributed by atoms with Gasteiger partial charge in [-0.1, -0.05) is 32.9 Å². The Balaban J connectivity index is 1.63. The van der Waals surface area contributed by atoms with Gasteiger partial charge in [-0.25, -0.2) is 0 Å². The van der Waals surface area contributed by atoms with Crippen molar-refractivity contribution in [2.24, 2.45) is 5.41 Å². The third-order valence-corrected chi connectivity index (χ3v) is 5.34. The number of benzene rings is 2. The highest BCUT2D eigenvalue weighted by Gasteiger charge is 2.32. The van der Waals surface area contributed by atoms with Crippen molar-refractivity contribution in [2.45, 2.75) is 26.9 Å². The zero-order valence-corrected chi connectivity index (χ0v) is 18.7. The van der Waals surface area contributed by atoms with Crippen molar-refractivity contribution in [3.05, 3.63) is 65.2 Å². The summed E-state index contributed by atoms with van der Waals surface area (Å²) in [5.41, 5.74) is -0.575. The standard InChI is InChI=1S/C24H26F3N3O3/c1-23(2,3)22(33)28-19-9-5-7-17(15-19)21(32)30-12-10-29(11-13-30)20(31)16-6-4-8-18(14-16)24(25,26)27/h4-9,14-15H,10-13H2,1-3H3,(H,28,33). The fourth-order valence-electron chi connectivity index (χ4n) is 3.35. The van der Waals surface area contributed by atoms with Gasteiger partial charge in [-0.15, -0.1) is 0 Å². The number of halogens is 3. The van der Waals surface area contributed by atoms with Crippen molar-refractivity contribution in [3.8, 4) is 0 Å². The Hall–Kier alpha value is -3.36. The first kappa shape index (κ1) is 24.3. The van der Waals surface area contributed by atoms with Crippen molar-refractivity contribution in [1.82, 2.24) is 9.80 Å². The van der Waals surface area contributed by atoms with Gasteiger partial charge in [-0.3, -0.25) is 14.4 Å². The number of rotatable bonds is 3. The lowest BCUT2D eigenvalue weighted by atomic mass is 9.95. The van der Waals surface area contributed by atoms with Gasteiger partial charge in [0, 0.05) is 48.4 Å². The Kier molecular flexibility index (Phi) is 6.81. The first-order valence-electron chi connectivity index (χ1n) is 10.5. The van der Waals surface area contributed by atoms with Gasteiger partial charge < -0.3 is 15.1 Å². The second-order valence-corrected chi connectivity index (χ2v) is 8.95. The molecule has 0 radical (unpaired) electrons. The molecule has 0 spiro atoms. The number of carbonyl (C=O) groups is 3. The molecule has 1 N–H and O–H groups in total. The molecule has 1 heterocycles. The molecular weight excluding hydrogens is 435 g/mol. The molecule has 3 amide bonds. The van der Waals surface area contributed by atoms with Gasteiger partial charge in [-0.2, -0.15) is 13.2 Å². The number of nitrogens with one attached hydrogen (secondary N) is 1. The van der Waals surface area contributed by atoms with E-state index in [1.807, 2.05) is 0 Å². The van der Waals surface area contributed by atoms with Crippen LogP contribution < -0.4 is 5.32 Å². The van der Waals surface area contributed by atoms with Gasteiger partial charge >= 0.3 is 6.18 Å². The Bertz CT molecular complexity index is 1050. The quantitative estimate of drug-likeness (QED) is 0.742. The zero-order chi connectivity index (χ0) is 24.4. The van der Waals surface area contributed by atoms with E-state index in [4.69, 9.17) is 0 Å². The molecule has 0 unspecified atom stereocenters. The minimum Gasteiger partial charge on any atom is -0.335 e. The third-order valence-electron chi connectivity index (χ3n) is 5.34. The Morgan fingerprint density at radius 1 is 0.788 bits per heavy atom. The van der Waals surface area contributed by atoms with Crippen LogP contribution in [0.25, 0.3) is 0 Å². The first-order valence-corrected chi connectivity index (χ1v) is 10.5. The summed E-state index contributed by atoms with van der Waals surface area (Å²) in [4.78, 5) is 40.8. The number of anilines is 1. The van der Waals surface area contributed by atoms with E-state index in [0.717, 1.165) is 12.1 Å². The highest BCUT2D eigenvalue weighted by molar-refractivity contribution is 5.99. The van der Waals surface area contributed by atoms with Crippen LogP contribution in [-0.4, -0.2) is 53.7 Å². The second kappa shape index (κ2) is 9.25. The summed E-state index contributed by atoms with van der Waals surface area (Å²) in [6.45, 7) is 6.29. The van der Waals surface area contributed by atoms with E-state index in [2.05, 4.69) is 5.32 Å². The van der Waals surface area contributed by atoms with Crippen LogP contribution in [0, 0.1) is 5.41 Å². The predicted molar refractivity (Wildman–Crippen MR) is 118 cm³/mol. The normalized spacial score (nSPS) is 14.7. The Morgan fingerprint density at radius 3 is 1.76 bits per heavy atom. The van der Waals surface area contributed by atoms with E-state index < -0.39 is 23.1 Å². The monoisotopic (exact) mass is 461 g/mol. The molecule has 2 aromatic rings. The number of nitrogens with zero attached hydrogens (tertiary/aromatic N) is 2. The van der Waals surface area contributed by atoms with Crippen LogP contribution in [0.4, 0.5) is 18.9 Å². The summed E-state index contributed by atoms with van der Waals surface area (Å²) in [6.07, 6.45) is -4.53. The molecule has 0 aromatic heterocycles. The summed E-state index contributed by atoms with van der Waals surface area (Å²) in [7, 11) is 0. The van der Waals surface area contributed by atoms with E-state index >= 15 is 0 Å². The maximum atomic E-state index is 12.9. The number of piperazine rings is 1. The molecule has 1 saturated heterocycles. The van der Waals surface area contributed by atoms with E-state index in [1.165, 1.54) is 17.0 Å². The van der Waals surface area contributed by atoms with Gasteiger partial charge in [0.25, 0.3) is 11.8 Å². The van der Waals surface area contributed by atoms with Crippen molar-refractivity contribution in [3.63, 3.8) is 0 Å². The fourth-order valence-corrected chi connectivity index (χ4v) is 3.35. The second-order valence-electron chi connectivity index (χ2n) is 8.95. The van der Waals surface area contributed by atoms with Crippen LogP contribution >= 0.6 is 0 Å². The lowest BCUT2D eigenvalue weighted by Gasteiger charge is -2.35. The Labute approximate surface area is 190 Å². The van der Waals surface area contributed by atoms with Crippen LogP contribution in [0.1, 0.15) is 47.1 Å². The summed E-state index contributed by atoms with van der Waals surface area (Å²) < 4.78 is 38.8. The molecule has 1 aliphatic rings. The van der Waals surface area contributed by atoms with Crippen molar-refractivity contribution in [1.29, 1.82) is 0 Å².